The molecular formula is C68H40FNOS2. The summed E-state index contributed by atoms with van der Waals surface area (Å²) in [7, 11) is 0. The molecule has 2 spiro atoms. The fraction of sp³-hybridized carbons (Fsp3) is 0.0294. The third kappa shape index (κ3) is 5.48. The van der Waals surface area contributed by atoms with Gasteiger partial charge in [0.05, 0.1) is 16.5 Å². The molecule has 0 saturated carbocycles. The molecule has 0 unspecified atom stereocenters. The number of nitrogens with zero attached hydrogens (tertiary/aromatic N) is 1. The molecule has 2 aliphatic heterocycles. The van der Waals surface area contributed by atoms with Crippen LogP contribution < -0.4 is 9.64 Å². The van der Waals surface area contributed by atoms with Crippen molar-refractivity contribution in [2.75, 3.05) is 4.90 Å². The van der Waals surface area contributed by atoms with Crippen LogP contribution in [0.5, 0.6) is 11.5 Å². The Bertz CT molecular complexity index is 4230. The van der Waals surface area contributed by atoms with Crippen LogP contribution in [0.1, 0.15) is 44.5 Å². The lowest BCUT2D eigenvalue weighted by atomic mass is 9.66. The van der Waals surface area contributed by atoms with E-state index in [0.29, 0.717) is 0 Å². The average Bonchev–Trinajstić information content (AvgIpc) is 4.09. The summed E-state index contributed by atoms with van der Waals surface area (Å²) in [4.78, 5) is 4.97. The van der Waals surface area contributed by atoms with Gasteiger partial charge in [0.2, 0.25) is 0 Å². The zero-order valence-corrected chi connectivity index (χ0v) is 40.8. The van der Waals surface area contributed by atoms with Crippen LogP contribution in [-0.2, 0) is 10.8 Å². The summed E-state index contributed by atoms with van der Waals surface area (Å²) in [5, 5.41) is 2.33. The van der Waals surface area contributed by atoms with E-state index in [1.807, 2.05) is 23.9 Å². The lowest BCUT2D eigenvalue weighted by Gasteiger charge is -2.41. The molecule has 0 radical (unpaired) electrons. The van der Waals surface area contributed by atoms with Crippen molar-refractivity contribution in [2.45, 2.75) is 20.6 Å². The molecule has 11 aromatic carbocycles. The van der Waals surface area contributed by atoms with Crippen molar-refractivity contribution in [3.05, 3.63) is 293 Å². The summed E-state index contributed by atoms with van der Waals surface area (Å²) >= 11 is 3.66. The van der Waals surface area contributed by atoms with Gasteiger partial charge < -0.3 is 9.64 Å². The minimum Gasteiger partial charge on any atom is -0.457 e. The molecule has 0 saturated heterocycles. The third-order valence-electron chi connectivity index (χ3n) is 16.1. The van der Waals surface area contributed by atoms with E-state index in [9.17, 15) is 4.39 Å². The number of benzene rings is 11. The van der Waals surface area contributed by atoms with Crippen LogP contribution in [0.2, 0.25) is 0 Å². The van der Waals surface area contributed by atoms with Crippen LogP contribution in [0.15, 0.2) is 252 Å². The lowest BCUT2D eigenvalue weighted by Crippen LogP contribution is -2.32. The summed E-state index contributed by atoms with van der Waals surface area (Å²) in [5.41, 5.74) is 19.1. The number of thiophene rings is 1. The highest BCUT2D eigenvalue weighted by Gasteiger charge is 2.52. The minimum absolute atomic E-state index is 0.241. The molecule has 4 aliphatic rings. The molecule has 1 aromatic heterocycles. The summed E-state index contributed by atoms with van der Waals surface area (Å²) in [6, 6.07) is 87.7. The number of ether oxygens (including phenoxy) is 1. The Labute approximate surface area is 430 Å². The summed E-state index contributed by atoms with van der Waals surface area (Å²) < 4.78 is 23.7. The maximum Gasteiger partial charge on any atom is 0.132 e. The first-order valence-electron chi connectivity index (χ1n) is 24.8. The Hall–Kier alpha value is -8.48. The number of hydrogen-bond acceptors (Lipinski definition) is 4. The van der Waals surface area contributed by atoms with Crippen molar-refractivity contribution < 1.29 is 9.13 Å². The fourth-order valence-electron chi connectivity index (χ4n) is 13.3. The van der Waals surface area contributed by atoms with Crippen LogP contribution >= 0.6 is 23.1 Å². The first-order valence-corrected chi connectivity index (χ1v) is 26.5. The first-order chi connectivity index (χ1) is 36.1. The van der Waals surface area contributed by atoms with E-state index < -0.39 is 10.8 Å². The van der Waals surface area contributed by atoms with E-state index in [1.54, 1.807) is 23.5 Å². The van der Waals surface area contributed by atoms with E-state index in [4.69, 9.17) is 4.74 Å². The number of rotatable bonds is 4. The fourth-order valence-corrected chi connectivity index (χ4v) is 15.8. The molecule has 0 atom stereocenters. The smallest absolute Gasteiger partial charge is 0.132 e. The van der Waals surface area contributed by atoms with Gasteiger partial charge in [-0.1, -0.05) is 188 Å². The molecule has 73 heavy (non-hydrogen) atoms. The highest BCUT2D eigenvalue weighted by atomic mass is 32.2. The largest absolute Gasteiger partial charge is 0.457 e. The summed E-state index contributed by atoms with van der Waals surface area (Å²) in [5.74, 6) is 1.47. The summed E-state index contributed by atoms with van der Waals surface area (Å²) in [6.45, 7) is 0. The topological polar surface area (TPSA) is 12.5 Å². The Morgan fingerprint density at radius 1 is 0.384 bits per heavy atom. The van der Waals surface area contributed by atoms with E-state index in [1.165, 1.54) is 80.2 Å². The number of para-hydroxylation sites is 1. The van der Waals surface area contributed by atoms with Crippen molar-refractivity contribution in [3.63, 3.8) is 0 Å². The second-order valence-electron chi connectivity index (χ2n) is 19.5. The standard InChI is InChI=1S/C68H40FNOS2/c69-42-33-31-41(32-34-42)45-19-13-20-50-65-59(27-14-30-63(65)73-66(45)50)70(43-36-38-61-58(39-43)67(55-25-9-11-28-60(55)71-61)51-21-5-1-15-46(51)47-16-2-6-22-52(47)67)44-35-37-57-64(40-44)72-62-29-12-10-26-56(62)68(57)53-23-7-3-17-48(53)49-18-4-8-24-54(49)68/h1-40H. The van der Waals surface area contributed by atoms with Gasteiger partial charge in [-0.3, -0.25) is 0 Å². The van der Waals surface area contributed by atoms with Gasteiger partial charge in [-0.05, 0) is 133 Å². The van der Waals surface area contributed by atoms with Crippen molar-refractivity contribution in [1.29, 1.82) is 0 Å². The molecule has 2 nitrogen and oxygen atoms in total. The quantitative estimate of drug-likeness (QED) is 0.174. The van der Waals surface area contributed by atoms with Gasteiger partial charge in [-0.2, -0.15) is 0 Å². The molecule has 0 bridgehead atoms. The van der Waals surface area contributed by atoms with Crippen LogP contribution in [0.4, 0.5) is 21.5 Å². The van der Waals surface area contributed by atoms with Gasteiger partial charge in [-0.15, -0.1) is 11.3 Å². The second-order valence-corrected chi connectivity index (χ2v) is 21.7. The second kappa shape index (κ2) is 15.3. The number of halogens is 1. The van der Waals surface area contributed by atoms with E-state index in [0.717, 1.165) is 56.2 Å². The van der Waals surface area contributed by atoms with Crippen molar-refractivity contribution in [2.24, 2.45) is 0 Å². The maximum absolute atomic E-state index is 14.4. The normalized spacial score (nSPS) is 14.4. The molecule has 12 aromatic rings. The molecule has 3 heterocycles. The van der Waals surface area contributed by atoms with Gasteiger partial charge in [0.25, 0.3) is 0 Å². The molecule has 5 heteroatoms. The first kappa shape index (κ1) is 41.2. The molecule has 0 fully saturated rings. The highest BCUT2D eigenvalue weighted by molar-refractivity contribution is 7.99. The van der Waals surface area contributed by atoms with Gasteiger partial charge in [0.15, 0.2) is 0 Å². The van der Waals surface area contributed by atoms with E-state index in [2.05, 4.69) is 223 Å². The molecule has 2 aliphatic carbocycles. The monoisotopic (exact) mass is 969 g/mol. The highest BCUT2D eigenvalue weighted by Crippen LogP contribution is 2.65. The SMILES string of the molecule is Fc1ccc(-c2cccc3c2sc2cccc(N(c4ccc5c(c4)Sc4ccccc4C54c5ccccc5-c5ccccc54)c4ccc5c(c4)C4(c6ccccc6O5)c5ccccc5-c5ccccc54)c23)cc1. The lowest BCUT2D eigenvalue weighted by molar-refractivity contribution is 0.436. The van der Waals surface area contributed by atoms with Crippen LogP contribution in [-0.4, -0.2) is 0 Å². The predicted molar refractivity (Wildman–Crippen MR) is 298 cm³/mol. The van der Waals surface area contributed by atoms with Gasteiger partial charge >= 0.3 is 0 Å². The summed E-state index contributed by atoms with van der Waals surface area (Å²) in [6.07, 6.45) is 0. The van der Waals surface area contributed by atoms with Crippen LogP contribution in [0.3, 0.4) is 0 Å². The van der Waals surface area contributed by atoms with Crippen molar-refractivity contribution >= 4 is 60.3 Å². The van der Waals surface area contributed by atoms with Crippen molar-refractivity contribution in [3.8, 4) is 44.9 Å². The maximum atomic E-state index is 14.4. The third-order valence-corrected chi connectivity index (χ3v) is 18.4. The average molecular weight is 970 g/mol. The number of hydrogen-bond donors (Lipinski definition) is 0. The Balaban J connectivity index is 0.981. The molecule has 0 amide bonds. The van der Waals surface area contributed by atoms with Crippen LogP contribution in [0.25, 0.3) is 53.6 Å². The van der Waals surface area contributed by atoms with Gasteiger partial charge in [0.1, 0.15) is 17.3 Å². The molecule has 0 N–H and O–H groups in total. The Morgan fingerprint density at radius 3 is 1.59 bits per heavy atom. The minimum atomic E-state index is -0.644. The van der Waals surface area contributed by atoms with Gasteiger partial charge in [0, 0.05) is 52.5 Å². The van der Waals surface area contributed by atoms with Crippen LogP contribution in [0, 0.1) is 5.82 Å². The predicted octanol–water partition coefficient (Wildman–Crippen LogP) is 18.6. The van der Waals surface area contributed by atoms with Gasteiger partial charge in [-0.25, -0.2) is 4.39 Å². The zero-order chi connectivity index (χ0) is 48.0. The Morgan fingerprint density at radius 2 is 0.904 bits per heavy atom. The van der Waals surface area contributed by atoms with Crippen molar-refractivity contribution in [1.82, 2.24) is 0 Å². The van der Waals surface area contributed by atoms with E-state index in [-0.39, 0.29) is 5.82 Å². The molecule has 16 rings (SSSR count). The molecule has 342 valence electrons. The zero-order valence-electron chi connectivity index (χ0n) is 39.1. The number of anilines is 3. The molecular weight excluding hydrogens is 930 g/mol. The number of fused-ring (bicyclic) bond motifs is 21. The Kier molecular flexibility index (Phi) is 8.61. The van der Waals surface area contributed by atoms with E-state index >= 15 is 0 Å².